The van der Waals surface area contributed by atoms with Crippen LogP contribution in [0.25, 0.3) is 0 Å². The number of carbonyl (C=O) groups is 1. The Morgan fingerprint density at radius 2 is 2.33 bits per heavy atom. The van der Waals surface area contributed by atoms with Crippen LogP contribution in [0, 0.1) is 0 Å². The second kappa shape index (κ2) is 5.73. The van der Waals surface area contributed by atoms with Crippen LogP contribution in [0.1, 0.15) is 10.4 Å². The second-order valence-electron chi connectivity index (χ2n) is 4.71. The third-order valence-electron chi connectivity index (χ3n) is 3.34. The van der Waals surface area contributed by atoms with Gasteiger partial charge in [0.2, 0.25) is 5.22 Å². The molecular weight excluding hydrogens is 254 g/mol. The van der Waals surface area contributed by atoms with Gasteiger partial charge in [-0.2, -0.15) is 0 Å². The lowest BCUT2D eigenvalue weighted by atomic mass is 10.2. The number of hydrogen-bond acceptors (Lipinski definition) is 4. The molecule has 0 saturated carbocycles. The van der Waals surface area contributed by atoms with Crippen LogP contribution in [0.2, 0.25) is 5.22 Å². The van der Waals surface area contributed by atoms with Gasteiger partial charge in [-0.25, -0.2) is 0 Å². The molecule has 2 heterocycles. The monoisotopic (exact) mass is 271 g/mol. The zero-order valence-corrected chi connectivity index (χ0v) is 11.4. The molecule has 0 bridgehead atoms. The standard InChI is InChI=1S/C12H18ClN3O2/c1-15-4-5-16(2)9(8-15)7-14-12(17)10-3-6-18-11(10)13/h3,6,9H,4-5,7-8H2,1-2H3,(H,14,17). The Bertz CT molecular complexity index is 421. The molecule has 0 aromatic carbocycles. The topological polar surface area (TPSA) is 48.7 Å². The van der Waals surface area contributed by atoms with E-state index in [1.54, 1.807) is 6.07 Å². The number of likely N-dealkylation sites (N-methyl/N-ethyl adjacent to an activating group) is 2. The van der Waals surface area contributed by atoms with Crippen molar-refractivity contribution in [1.82, 2.24) is 15.1 Å². The fraction of sp³-hybridized carbons (Fsp3) is 0.583. The minimum Gasteiger partial charge on any atom is -0.452 e. The largest absolute Gasteiger partial charge is 0.452 e. The molecule has 1 amide bonds. The maximum atomic E-state index is 11.9. The first-order valence-corrected chi connectivity index (χ1v) is 6.35. The van der Waals surface area contributed by atoms with Crippen LogP contribution in [-0.4, -0.2) is 62.0 Å². The first kappa shape index (κ1) is 13.4. The Morgan fingerprint density at radius 1 is 1.56 bits per heavy atom. The normalized spacial score (nSPS) is 22.1. The summed E-state index contributed by atoms with van der Waals surface area (Å²) in [4.78, 5) is 16.4. The van der Waals surface area contributed by atoms with Crippen molar-refractivity contribution >= 4 is 17.5 Å². The third-order valence-corrected chi connectivity index (χ3v) is 3.63. The molecule has 5 nitrogen and oxygen atoms in total. The number of piperazine rings is 1. The van der Waals surface area contributed by atoms with E-state index in [2.05, 4.69) is 29.2 Å². The van der Waals surface area contributed by atoms with E-state index < -0.39 is 0 Å². The molecule has 100 valence electrons. The van der Waals surface area contributed by atoms with Crippen LogP contribution in [0.4, 0.5) is 0 Å². The second-order valence-corrected chi connectivity index (χ2v) is 5.06. The van der Waals surface area contributed by atoms with Gasteiger partial charge < -0.3 is 14.6 Å². The van der Waals surface area contributed by atoms with Crippen LogP contribution < -0.4 is 5.32 Å². The lowest BCUT2D eigenvalue weighted by Gasteiger charge is -2.37. The summed E-state index contributed by atoms with van der Waals surface area (Å²) >= 11 is 5.76. The fourth-order valence-corrected chi connectivity index (χ4v) is 2.28. The Kier molecular flexibility index (Phi) is 4.27. The van der Waals surface area contributed by atoms with Gasteiger partial charge in [-0.05, 0) is 31.8 Å². The van der Waals surface area contributed by atoms with Crippen LogP contribution in [0.15, 0.2) is 16.7 Å². The minimum absolute atomic E-state index is 0.140. The van der Waals surface area contributed by atoms with E-state index in [4.69, 9.17) is 16.0 Å². The summed E-state index contributed by atoms with van der Waals surface area (Å²) in [5.41, 5.74) is 0.392. The molecule has 6 heteroatoms. The first-order chi connectivity index (χ1) is 8.58. The predicted molar refractivity (Wildman–Crippen MR) is 70.0 cm³/mol. The molecule has 2 rings (SSSR count). The third kappa shape index (κ3) is 3.04. The predicted octanol–water partition coefficient (Wildman–Crippen LogP) is 0.909. The maximum Gasteiger partial charge on any atom is 0.256 e. The summed E-state index contributed by atoms with van der Waals surface area (Å²) in [5.74, 6) is -0.185. The zero-order chi connectivity index (χ0) is 13.1. The van der Waals surface area contributed by atoms with Crippen molar-refractivity contribution in [3.05, 3.63) is 23.1 Å². The Hall–Kier alpha value is -1.04. The minimum atomic E-state index is -0.185. The Morgan fingerprint density at radius 3 is 3.00 bits per heavy atom. The molecule has 1 aliphatic heterocycles. The Labute approximate surface area is 112 Å². The van der Waals surface area contributed by atoms with Crippen molar-refractivity contribution in [2.24, 2.45) is 0 Å². The van der Waals surface area contributed by atoms with Crippen LogP contribution in [0.3, 0.4) is 0 Å². The highest BCUT2D eigenvalue weighted by atomic mass is 35.5. The highest BCUT2D eigenvalue weighted by Gasteiger charge is 2.23. The number of furan rings is 1. The summed E-state index contributed by atoms with van der Waals surface area (Å²) in [6.45, 7) is 3.65. The number of hydrogen-bond donors (Lipinski definition) is 1. The van der Waals surface area contributed by atoms with Gasteiger partial charge in [-0.15, -0.1) is 0 Å². The van der Waals surface area contributed by atoms with E-state index in [0.717, 1.165) is 19.6 Å². The zero-order valence-electron chi connectivity index (χ0n) is 10.6. The smallest absolute Gasteiger partial charge is 0.256 e. The first-order valence-electron chi connectivity index (χ1n) is 5.98. The van der Waals surface area contributed by atoms with Crippen molar-refractivity contribution in [1.29, 1.82) is 0 Å². The van der Waals surface area contributed by atoms with Crippen molar-refractivity contribution in [3.63, 3.8) is 0 Å². The van der Waals surface area contributed by atoms with Gasteiger partial charge in [-0.3, -0.25) is 9.69 Å². The molecule has 1 atom stereocenters. The number of rotatable bonds is 3. The highest BCUT2D eigenvalue weighted by Crippen LogP contribution is 2.16. The molecule has 1 unspecified atom stereocenters. The number of carbonyl (C=O) groups excluding carboxylic acids is 1. The van der Waals surface area contributed by atoms with Gasteiger partial charge in [0.15, 0.2) is 0 Å². The fourth-order valence-electron chi connectivity index (χ4n) is 2.08. The molecule has 1 saturated heterocycles. The van der Waals surface area contributed by atoms with Gasteiger partial charge in [0, 0.05) is 32.2 Å². The lowest BCUT2D eigenvalue weighted by molar-refractivity contribution is 0.0881. The van der Waals surface area contributed by atoms with E-state index in [1.807, 2.05) is 0 Å². The van der Waals surface area contributed by atoms with Crippen LogP contribution in [-0.2, 0) is 0 Å². The summed E-state index contributed by atoms with van der Waals surface area (Å²) in [7, 11) is 4.17. The van der Waals surface area contributed by atoms with E-state index in [0.29, 0.717) is 18.2 Å². The molecule has 1 aliphatic rings. The average molecular weight is 272 g/mol. The van der Waals surface area contributed by atoms with E-state index >= 15 is 0 Å². The molecule has 0 spiro atoms. The summed E-state index contributed by atoms with van der Waals surface area (Å²) in [6, 6.07) is 1.91. The van der Waals surface area contributed by atoms with Crippen LogP contribution >= 0.6 is 11.6 Å². The molecule has 1 aromatic rings. The molecule has 18 heavy (non-hydrogen) atoms. The lowest BCUT2D eigenvalue weighted by Crippen LogP contribution is -2.54. The molecule has 1 N–H and O–H groups in total. The highest BCUT2D eigenvalue weighted by molar-refractivity contribution is 6.32. The molecular formula is C12H18ClN3O2. The van der Waals surface area contributed by atoms with Gasteiger partial charge >= 0.3 is 0 Å². The molecule has 1 fully saturated rings. The van der Waals surface area contributed by atoms with Gasteiger partial charge in [0.1, 0.15) is 0 Å². The summed E-state index contributed by atoms with van der Waals surface area (Å²) in [6.07, 6.45) is 1.41. The Balaban J connectivity index is 1.87. The number of nitrogens with zero attached hydrogens (tertiary/aromatic N) is 2. The average Bonchev–Trinajstić information content (AvgIpc) is 2.76. The molecule has 0 radical (unpaired) electrons. The maximum absolute atomic E-state index is 11.9. The van der Waals surface area contributed by atoms with Gasteiger partial charge in [0.05, 0.1) is 11.8 Å². The number of halogens is 1. The quantitative estimate of drug-likeness (QED) is 0.888. The SMILES string of the molecule is CN1CCN(C)C(CNC(=O)c2ccoc2Cl)C1. The number of nitrogens with one attached hydrogen (secondary N) is 1. The van der Waals surface area contributed by atoms with Crippen molar-refractivity contribution in [2.45, 2.75) is 6.04 Å². The van der Waals surface area contributed by atoms with Crippen molar-refractivity contribution in [3.8, 4) is 0 Å². The molecule has 0 aliphatic carbocycles. The van der Waals surface area contributed by atoms with E-state index in [9.17, 15) is 4.79 Å². The summed E-state index contributed by atoms with van der Waals surface area (Å²) < 4.78 is 4.90. The molecule has 1 aromatic heterocycles. The van der Waals surface area contributed by atoms with Gasteiger partial charge in [0.25, 0.3) is 5.91 Å². The van der Waals surface area contributed by atoms with E-state index in [-0.39, 0.29) is 11.1 Å². The summed E-state index contributed by atoms with van der Waals surface area (Å²) in [5, 5.41) is 3.04. The van der Waals surface area contributed by atoms with Gasteiger partial charge in [-0.1, -0.05) is 0 Å². The van der Waals surface area contributed by atoms with E-state index in [1.165, 1.54) is 6.26 Å². The van der Waals surface area contributed by atoms with Crippen molar-refractivity contribution < 1.29 is 9.21 Å². The van der Waals surface area contributed by atoms with Crippen LogP contribution in [0.5, 0.6) is 0 Å². The number of amides is 1. The van der Waals surface area contributed by atoms with Crippen molar-refractivity contribution in [2.75, 3.05) is 40.3 Å².